The van der Waals surface area contributed by atoms with Crippen molar-refractivity contribution < 1.29 is 17.9 Å². The largest absolute Gasteiger partial charge is 0.496 e. The molecule has 0 spiro atoms. The highest BCUT2D eigenvalue weighted by Gasteiger charge is 2.26. The van der Waals surface area contributed by atoms with Gasteiger partial charge < -0.3 is 14.2 Å². The SMILES string of the molecule is COc1ccccc1CNS(=O)(=O)c1cc2n(c1)CCN(C)C2=O. The van der Waals surface area contributed by atoms with Gasteiger partial charge in [-0.25, -0.2) is 13.1 Å². The second kappa shape index (κ2) is 6.29. The summed E-state index contributed by atoms with van der Waals surface area (Å²) in [6.45, 7) is 1.26. The number of carbonyl (C=O) groups excluding carboxylic acids is 1. The van der Waals surface area contributed by atoms with Crippen LogP contribution in [0.25, 0.3) is 0 Å². The third-order valence-electron chi connectivity index (χ3n) is 4.07. The number of para-hydroxylation sites is 1. The fraction of sp³-hybridized carbons (Fsp3) is 0.312. The zero-order chi connectivity index (χ0) is 17.3. The van der Waals surface area contributed by atoms with Crippen molar-refractivity contribution in [3.63, 3.8) is 0 Å². The van der Waals surface area contributed by atoms with Crippen LogP contribution in [-0.2, 0) is 23.1 Å². The number of nitrogens with zero attached hydrogens (tertiary/aromatic N) is 2. The molecule has 1 aromatic carbocycles. The Labute approximate surface area is 140 Å². The Hall–Kier alpha value is -2.32. The standard InChI is InChI=1S/C16H19N3O4S/c1-18-7-8-19-11-13(9-14(19)16(18)20)24(21,22)17-10-12-5-3-4-6-15(12)23-2/h3-6,9,11,17H,7-8,10H2,1-2H3. The van der Waals surface area contributed by atoms with Crippen LogP contribution in [0.3, 0.4) is 0 Å². The summed E-state index contributed by atoms with van der Waals surface area (Å²) in [5, 5.41) is 0. The number of amides is 1. The van der Waals surface area contributed by atoms with Crippen LogP contribution < -0.4 is 9.46 Å². The van der Waals surface area contributed by atoms with Gasteiger partial charge in [-0.2, -0.15) is 0 Å². The molecule has 0 atom stereocenters. The predicted molar refractivity (Wildman–Crippen MR) is 88.4 cm³/mol. The maximum Gasteiger partial charge on any atom is 0.270 e. The first-order valence-electron chi connectivity index (χ1n) is 7.49. The van der Waals surface area contributed by atoms with E-state index in [2.05, 4.69) is 4.72 Å². The van der Waals surface area contributed by atoms with Crippen LogP contribution in [0.4, 0.5) is 0 Å². The van der Waals surface area contributed by atoms with E-state index < -0.39 is 10.0 Å². The van der Waals surface area contributed by atoms with Crippen molar-refractivity contribution >= 4 is 15.9 Å². The van der Waals surface area contributed by atoms with Crippen LogP contribution in [0.15, 0.2) is 41.4 Å². The Morgan fingerprint density at radius 3 is 2.75 bits per heavy atom. The van der Waals surface area contributed by atoms with Crippen molar-refractivity contribution in [2.75, 3.05) is 20.7 Å². The van der Waals surface area contributed by atoms with Gasteiger partial charge >= 0.3 is 0 Å². The first-order chi connectivity index (χ1) is 11.4. The molecule has 2 heterocycles. The number of methoxy groups -OCH3 is 1. The molecule has 1 aliphatic rings. The number of carbonyl (C=O) groups is 1. The van der Waals surface area contributed by atoms with Gasteiger partial charge in [-0.3, -0.25) is 4.79 Å². The normalized spacial score (nSPS) is 14.6. The van der Waals surface area contributed by atoms with Gasteiger partial charge in [0.25, 0.3) is 5.91 Å². The summed E-state index contributed by atoms with van der Waals surface area (Å²) >= 11 is 0. The molecule has 0 saturated carbocycles. The molecule has 1 amide bonds. The minimum Gasteiger partial charge on any atom is -0.496 e. The van der Waals surface area contributed by atoms with E-state index >= 15 is 0 Å². The van der Waals surface area contributed by atoms with E-state index in [1.165, 1.54) is 19.4 Å². The minimum atomic E-state index is -3.72. The Kier molecular flexibility index (Phi) is 4.33. The Morgan fingerprint density at radius 2 is 2.00 bits per heavy atom. The molecule has 1 aliphatic heterocycles. The van der Waals surface area contributed by atoms with E-state index in [0.717, 1.165) is 5.56 Å². The number of rotatable bonds is 5. The molecule has 0 fully saturated rings. The lowest BCUT2D eigenvalue weighted by Gasteiger charge is -2.23. The van der Waals surface area contributed by atoms with Gasteiger partial charge in [0.1, 0.15) is 16.3 Å². The van der Waals surface area contributed by atoms with E-state index in [-0.39, 0.29) is 17.3 Å². The van der Waals surface area contributed by atoms with Gasteiger partial charge in [-0.15, -0.1) is 0 Å². The molecule has 0 aliphatic carbocycles. The van der Waals surface area contributed by atoms with Gasteiger partial charge in [0.15, 0.2) is 0 Å². The van der Waals surface area contributed by atoms with E-state index in [0.29, 0.717) is 24.5 Å². The molecule has 2 aromatic rings. The second-order valence-electron chi connectivity index (χ2n) is 5.62. The van der Waals surface area contributed by atoms with Crippen LogP contribution in [0.2, 0.25) is 0 Å². The number of aromatic nitrogens is 1. The summed E-state index contributed by atoms with van der Waals surface area (Å²) in [6, 6.07) is 8.63. The Morgan fingerprint density at radius 1 is 1.25 bits per heavy atom. The predicted octanol–water partition coefficient (Wildman–Crippen LogP) is 1.06. The van der Waals surface area contributed by atoms with Gasteiger partial charge in [0.05, 0.1) is 7.11 Å². The highest BCUT2D eigenvalue weighted by atomic mass is 32.2. The Bertz CT molecular complexity index is 873. The fourth-order valence-corrected chi connectivity index (χ4v) is 3.70. The number of fused-ring (bicyclic) bond motifs is 1. The molecular weight excluding hydrogens is 330 g/mol. The van der Waals surface area contributed by atoms with Gasteiger partial charge in [-0.05, 0) is 12.1 Å². The maximum absolute atomic E-state index is 12.5. The van der Waals surface area contributed by atoms with Crippen LogP contribution in [0.1, 0.15) is 16.1 Å². The molecule has 7 nitrogen and oxygen atoms in total. The number of nitrogens with one attached hydrogen (secondary N) is 1. The molecule has 1 aromatic heterocycles. The molecule has 0 unspecified atom stereocenters. The second-order valence-corrected chi connectivity index (χ2v) is 7.38. The molecule has 24 heavy (non-hydrogen) atoms. The van der Waals surface area contributed by atoms with Crippen molar-refractivity contribution in [2.24, 2.45) is 0 Å². The van der Waals surface area contributed by atoms with Gasteiger partial charge in [0, 0.05) is 38.4 Å². The minimum absolute atomic E-state index is 0.0936. The summed E-state index contributed by atoms with van der Waals surface area (Å²) in [7, 11) is -0.475. The van der Waals surface area contributed by atoms with E-state index in [4.69, 9.17) is 4.74 Å². The lowest BCUT2D eigenvalue weighted by atomic mass is 10.2. The summed E-state index contributed by atoms with van der Waals surface area (Å²) in [4.78, 5) is 13.8. The summed E-state index contributed by atoms with van der Waals surface area (Å²) in [5.74, 6) is 0.445. The molecule has 8 heteroatoms. The first-order valence-corrected chi connectivity index (χ1v) is 8.98. The topological polar surface area (TPSA) is 80.6 Å². The Balaban J connectivity index is 1.82. The van der Waals surface area contributed by atoms with Crippen LogP contribution in [0, 0.1) is 0 Å². The number of ether oxygens (including phenoxy) is 1. The lowest BCUT2D eigenvalue weighted by molar-refractivity contribution is 0.0749. The lowest BCUT2D eigenvalue weighted by Crippen LogP contribution is -2.36. The van der Waals surface area contributed by atoms with Crippen molar-refractivity contribution in [1.82, 2.24) is 14.2 Å². The average molecular weight is 349 g/mol. The number of benzene rings is 1. The first kappa shape index (κ1) is 16.5. The number of hydrogen-bond donors (Lipinski definition) is 1. The quantitative estimate of drug-likeness (QED) is 0.875. The number of hydrogen-bond acceptors (Lipinski definition) is 4. The van der Waals surface area contributed by atoms with Crippen LogP contribution in [0.5, 0.6) is 5.75 Å². The van der Waals surface area contributed by atoms with Gasteiger partial charge in [0.2, 0.25) is 10.0 Å². The molecule has 0 radical (unpaired) electrons. The fourth-order valence-electron chi connectivity index (χ4n) is 2.65. The number of sulfonamides is 1. The molecule has 0 bridgehead atoms. The molecule has 1 N–H and O–H groups in total. The van der Waals surface area contributed by atoms with Crippen molar-refractivity contribution in [3.8, 4) is 5.75 Å². The summed E-state index contributed by atoms with van der Waals surface area (Å²) in [5.41, 5.74) is 1.13. The monoisotopic (exact) mass is 349 g/mol. The summed E-state index contributed by atoms with van der Waals surface area (Å²) in [6.07, 6.45) is 1.50. The molecule has 128 valence electrons. The smallest absolute Gasteiger partial charge is 0.270 e. The van der Waals surface area contributed by atoms with Crippen molar-refractivity contribution in [1.29, 1.82) is 0 Å². The highest BCUT2D eigenvalue weighted by Crippen LogP contribution is 2.21. The van der Waals surface area contributed by atoms with Crippen LogP contribution >= 0.6 is 0 Å². The van der Waals surface area contributed by atoms with E-state index in [1.807, 2.05) is 12.1 Å². The maximum atomic E-state index is 12.5. The van der Waals surface area contributed by atoms with E-state index in [9.17, 15) is 13.2 Å². The molecule has 0 saturated heterocycles. The van der Waals surface area contributed by atoms with Gasteiger partial charge in [-0.1, -0.05) is 18.2 Å². The van der Waals surface area contributed by atoms with Crippen LogP contribution in [-0.4, -0.2) is 44.5 Å². The average Bonchev–Trinajstić information content (AvgIpc) is 3.03. The third-order valence-corrected chi connectivity index (χ3v) is 5.44. The van der Waals surface area contributed by atoms with Crippen molar-refractivity contribution in [3.05, 3.63) is 47.8 Å². The molecular formula is C16H19N3O4S. The van der Waals surface area contributed by atoms with Crippen molar-refractivity contribution in [2.45, 2.75) is 18.0 Å². The highest BCUT2D eigenvalue weighted by molar-refractivity contribution is 7.89. The zero-order valence-electron chi connectivity index (χ0n) is 13.5. The number of likely N-dealkylation sites (N-methyl/N-ethyl adjacent to an activating group) is 1. The zero-order valence-corrected chi connectivity index (χ0v) is 14.3. The van der Waals surface area contributed by atoms with E-state index in [1.54, 1.807) is 28.6 Å². The third kappa shape index (κ3) is 3.02. The molecule has 3 rings (SSSR count). The summed E-state index contributed by atoms with van der Waals surface area (Å²) < 4.78 is 34.5.